The van der Waals surface area contributed by atoms with Gasteiger partial charge in [0, 0.05) is 43.5 Å². The predicted octanol–water partition coefficient (Wildman–Crippen LogP) is 5.95. The van der Waals surface area contributed by atoms with Gasteiger partial charge in [-0.2, -0.15) is 13.2 Å². The number of aromatic nitrogens is 1. The summed E-state index contributed by atoms with van der Waals surface area (Å²) in [5.41, 5.74) is -1.42. The Labute approximate surface area is 227 Å². The second kappa shape index (κ2) is 11.7. The third-order valence-corrected chi connectivity index (χ3v) is 8.21. The van der Waals surface area contributed by atoms with E-state index in [9.17, 15) is 22.4 Å². The first-order chi connectivity index (χ1) is 18.5. The first-order valence-corrected chi connectivity index (χ1v) is 13.2. The molecule has 0 amide bonds. The summed E-state index contributed by atoms with van der Waals surface area (Å²) in [5, 5.41) is 0.464. The van der Waals surface area contributed by atoms with E-state index in [-0.39, 0.29) is 22.9 Å². The highest BCUT2D eigenvalue weighted by Gasteiger charge is 2.37. The van der Waals surface area contributed by atoms with Crippen LogP contribution in [0.2, 0.25) is 0 Å². The number of rotatable bonds is 9. The maximum Gasteiger partial charge on any atom is 0.416 e. The van der Waals surface area contributed by atoms with Gasteiger partial charge in [0.1, 0.15) is 5.82 Å². The lowest BCUT2D eigenvalue weighted by atomic mass is 9.92. The van der Waals surface area contributed by atoms with Gasteiger partial charge in [0.2, 0.25) is 0 Å². The van der Waals surface area contributed by atoms with Gasteiger partial charge in [0.15, 0.2) is 11.6 Å². The molecule has 4 rings (SSSR count). The van der Waals surface area contributed by atoms with Crippen LogP contribution in [0.3, 0.4) is 0 Å². The average Bonchev–Trinajstić information content (AvgIpc) is 3.29. The lowest BCUT2D eigenvalue weighted by Crippen LogP contribution is -2.35. The molecule has 0 N–H and O–H groups in total. The molecule has 0 saturated carbocycles. The molecule has 1 aromatic heterocycles. The summed E-state index contributed by atoms with van der Waals surface area (Å²) >= 11 is 1.33. The van der Waals surface area contributed by atoms with Gasteiger partial charge < -0.3 is 14.4 Å². The number of pyridine rings is 1. The molecule has 2 heterocycles. The second-order valence-corrected chi connectivity index (χ2v) is 10.4. The number of thioether (sulfide) groups is 1. The van der Waals surface area contributed by atoms with Gasteiger partial charge in [-0.3, -0.25) is 9.36 Å². The van der Waals surface area contributed by atoms with Crippen molar-refractivity contribution < 1.29 is 31.4 Å². The van der Waals surface area contributed by atoms with Crippen LogP contribution in [0.25, 0.3) is 11.1 Å². The average molecular weight is 569 g/mol. The Morgan fingerprint density at radius 1 is 1.10 bits per heavy atom. The number of halogens is 5. The van der Waals surface area contributed by atoms with Crippen molar-refractivity contribution >= 4 is 11.8 Å². The van der Waals surface area contributed by atoms with E-state index in [4.69, 9.17) is 9.47 Å². The van der Waals surface area contributed by atoms with E-state index >= 15 is 4.39 Å². The van der Waals surface area contributed by atoms with Crippen LogP contribution in [-0.4, -0.2) is 56.2 Å². The van der Waals surface area contributed by atoms with Crippen LogP contribution < -0.4 is 10.3 Å². The molecule has 0 bridgehead atoms. The summed E-state index contributed by atoms with van der Waals surface area (Å²) in [5.74, 6) is -1.35. The fourth-order valence-corrected chi connectivity index (χ4v) is 6.34. The van der Waals surface area contributed by atoms with Gasteiger partial charge in [0.05, 0.1) is 35.9 Å². The number of nitrogens with zero attached hydrogens (tertiary/aromatic N) is 2. The largest absolute Gasteiger partial charge is 0.494 e. The second-order valence-electron chi connectivity index (χ2n) is 9.44. The molecule has 1 unspecified atom stereocenters. The molecule has 1 atom stereocenters. The molecule has 2 aromatic carbocycles. The van der Waals surface area contributed by atoms with Crippen molar-refractivity contribution in [1.82, 2.24) is 9.47 Å². The monoisotopic (exact) mass is 568 g/mol. The summed E-state index contributed by atoms with van der Waals surface area (Å²) in [6.07, 6.45) is -5.19. The standard InChI is InChI=1S/C28H29F5N2O3S/c1-16-19(13-20-21(28(31,32)33)8-6-9-22(20)29)27-35(17(15-39-27)14-34(2)11-12-37-3)26(36)24(16)18-7-5-10-23(38-4)25(18)30/h5-10,17H,11-15H2,1-4H3. The lowest BCUT2D eigenvalue weighted by molar-refractivity contribution is -0.138. The lowest BCUT2D eigenvalue weighted by Gasteiger charge is -2.24. The molecule has 0 saturated heterocycles. The fourth-order valence-electron chi connectivity index (χ4n) is 4.97. The Bertz CT molecular complexity index is 1420. The molecule has 39 heavy (non-hydrogen) atoms. The smallest absolute Gasteiger partial charge is 0.416 e. The molecule has 0 spiro atoms. The zero-order valence-electron chi connectivity index (χ0n) is 22.0. The van der Waals surface area contributed by atoms with Gasteiger partial charge in [-0.1, -0.05) is 18.2 Å². The molecule has 0 aliphatic carbocycles. The number of methoxy groups -OCH3 is 2. The Hall–Kier alpha value is -2.89. The Kier molecular flexibility index (Phi) is 8.72. The highest BCUT2D eigenvalue weighted by Crippen LogP contribution is 2.42. The van der Waals surface area contributed by atoms with E-state index in [1.807, 2.05) is 11.9 Å². The minimum atomic E-state index is -4.78. The zero-order chi connectivity index (χ0) is 28.5. The van der Waals surface area contributed by atoms with Crippen molar-refractivity contribution in [2.24, 2.45) is 0 Å². The van der Waals surface area contributed by atoms with E-state index < -0.39 is 40.9 Å². The highest BCUT2D eigenvalue weighted by molar-refractivity contribution is 7.99. The van der Waals surface area contributed by atoms with Crippen LogP contribution in [-0.2, 0) is 17.3 Å². The fraction of sp³-hybridized carbons (Fsp3) is 0.393. The van der Waals surface area contributed by atoms with Gasteiger partial charge >= 0.3 is 6.18 Å². The van der Waals surface area contributed by atoms with Crippen molar-refractivity contribution in [2.45, 2.75) is 30.6 Å². The first kappa shape index (κ1) is 29.1. The Morgan fingerprint density at radius 2 is 1.82 bits per heavy atom. The Balaban J connectivity index is 1.96. The molecule has 1 aliphatic heterocycles. The van der Waals surface area contributed by atoms with E-state index in [0.717, 1.165) is 18.2 Å². The van der Waals surface area contributed by atoms with Gasteiger partial charge in [-0.25, -0.2) is 8.78 Å². The quantitative estimate of drug-likeness (QED) is 0.299. The molecular weight excluding hydrogens is 539 g/mol. The van der Waals surface area contributed by atoms with Crippen molar-refractivity contribution in [2.75, 3.05) is 46.7 Å². The summed E-state index contributed by atoms with van der Waals surface area (Å²) < 4.78 is 83.7. The summed E-state index contributed by atoms with van der Waals surface area (Å²) in [6.45, 7) is 3.10. The first-order valence-electron chi connectivity index (χ1n) is 12.2. The summed E-state index contributed by atoms with van der Waals surface area (Å²) in [7, 11) is 4.76. The number of ether oxygens (including phenoxy) is 2. The number of fused-ring (bicyclic) bond motifs is 1. The van der Waals surface area contributed by atoms with Crippen molar-refractivity contribution in [3.8, 4) is 16.9 Å². The Morgan fingerprint density at radius 3 is 2.49 bits per heavy atom. The van der Waals surface area contributed by atoms with Crippen molar-refractivity contribution in [3.63, 3.8) is 0 Å². The number of benzene rings is 2. The third kappa shape index (κ3) is 5.71. The van der Waals surface area contributed by atoms with Crippen LogP contribution in [0, 0.1) is 18.6 Å². The number of likely N-dealkylation sites (N-methyl/N-ethyl adjacent to an activating group) is 1. The van der Waals surface area contributed by atoms with Crippen LogP contribution in [0.15, 0.2) is 46.2 Å². The molecular formula is C28H29F5N2O3S. The highest BCUT2D eigenvalue weighted by atomic mass is 32.2. The van der Waals surface area contributed by atoms with E-state index in [0.29, 0.717) is 41.6 Å². The molecule has 0 radical (unpaired) electrons. The van der Waals surface area contributed by atoms with Crippen molar-refractivity contribution in [1.29, 1.82) is 0 Å². The molecule has 3 aromatic rings. The molecule has 11 heteroatoms. The number of hydrogen-bond donors (Lipinski definition) is 0. The van der Waals surface area contributed by atoms with Crippen LogP contribution in [0.1, 0.15) is 28.3 Å². The van der Waals surface area contributed by atoms with Crippen LogP contribution >= 0.6 is 11.8 Å². The SMILES string of the molecule is COCCN(C)CC1CSc2c(Cc3c(F)cccc3C(F)(F)F)c(C)c(-c3cccc(OC)c3F)c(=O)n21. The molecule has 5 nitrogen and oxygen atoms in total. The topological polar surface area (TPSA) is 43.7 Å². The van der Waals surface area contributed by atoms with Crippen molar-refractivity contribution in [3.05, 3.63) is 80.6 Å². The van der Waals surface area contributed by atoms with Crippen LogP contribution in [0.4, 0.5) is 22.0 Å². The van der Waals surface area contributed by atoms with E-state index in [1.54, 1.807) is 14.0 Å². The van der Waals surface area contributed by atoms with Crippen LogP contribution in [0.5, 0.6) is 5.75 Å². The molecule has 210 valence electrons. The normalized spacial score (nSPS) is 15.2. The minimum absolute atomic E-state index is 0.0158. The third-order valence-electron chi connectivity index (χ3n) is 6.94. The summed E-state index contributed by atoms with van der Waals surface area (Å²) in [6, 6.07) is 6.89. The number of alkyl halides is 3. The maximum atomic E-state index is 15.5. The number of hydrogen-bond acceptors (Lipinski definition) is 5. The van der Waals surface area contributed by atoms with Gasteiger partial charge in [-0.05, 0) is 43.3 Å². The molecule has 0 fully saturated rings. The molecule has 1 aliphatic rings. The maximum absolute atomic E-state index is 15.5. The predicted molar refractivity (Wildman–Crippen MR) is 141 cm³/mol. The van der Waals surface area contributed by atoms with E-state index in [2.05, 4.69) is 0 Å². The summed E-state index contributed by atoms with van der Waals surface area (Å²) in [4.78, 5) is 16.0. The van der Waals surface area contributed by atoms with E-state index in [1.165, 1.54) is 41.6 Å². The minimum Gasteiger partial charge on any atom is -0.494 e. The zero-order valence-corrected chi connectivity index (χ0v) is 22.8. The van der Waals surface area contributed by atoms with Gasteiger partial charge in [0.25, 0.3) is 5.56 Å². The van der Waals surface area contributed by atoms with Gasteiger partial charge in [-0.15, -0.1) is 11.8 Å².